The number of halogens is 1. The summed E-state index contributed by atoms with van der Waals surface area (Å²) in [4.78, 5) is 15.9. The Kier molecular flexibility index (Phi) is 5.61. The molecular formula is C22H23FN6OS. The summed E-state index contributed by atoms with van der Waals surface area (Å²) in [5.41, 5.74) is 1.76. The minimum Gasteiger partial charge on any atom is -0.378 e. The van der Waals surface area contributed by atoms with Gasteiger partial charge in [-0.25, -0.2) is 19.0 Å². The van der Waals surface area contributed by atoms with Gasteiger partial charge in [-0.15, -0.1) is 16.4 Å². The number of hydrogen-bond acceptors (Lipinski definition) is 7. The second kappa shape index (κ2) is 8.68. The number of hydrogen-bond donors (Lipinski definition) is 0. The summed E-state index contributed by atoms with van der Waals surface area (Å²) < 4.78 is 21.8. The van der Waals surface area contributed by atoms with Crippen molar-refractivity contribution in [2.45, 2.75) is 13.5 Å². The number of thiazole rings is 1. The molecule has 1 aliphatic heterocycles. The van der Waals surface area contributed by atoms with Crippen molar-refractivity contribution in [2.24, 2.45) is 11.8 Å². The lowest BCUT2D eigenvalue weighted by atomic mass is 9.89. The molecule has 0 saturated carbocycles. The van der Waals surface area contributed by atoms with Crippen molar-refractivity contribution in [1.82, 2.24) is 24.7 Å². The van der Waals surface area contributed by atoms with Crippen LogP contribution in [0.3, 0.4) is 0 Å². The lowest BCUT2D eigenvalue weighted by Gasteiger charge is -2.28. The molecule has 0 N–H and O–H groups in total. The molecule has 7 nitrogen and oxygen atoms in total. The predicted molar refractivity (Wildman–Crippen MR) is 118 cm³/mol. The van der Waals surface area contributed by atoms with E-state index >= 15 is 0 Å². The molecule has 0 bridgehead atoms. The summed E-state index contributed by atoms with van der Waals surface area (Å²) in [6.07, 6.45) is 8.83. The highest BCUT2D eigenvalue weighted by Gasteiger charge is 2.26. The van der Waals surface area contributed by atoms with E-state index in [2.05, 4.69) is 14.9 Å². The first-order valence-electron chi connectivity index (χ1n) is 10.4. The van der Waals surface area contributed by atoms with Gasteiger partial charge in [-0.1, -0.05) is 19.1 Å². The van der Waals surface area contributed by atoms with Crippen LogP contribution in [0, 0.1) is 11.8 Å². The van der Waals surface area contributed by atoms with Gasteiger partial charge < -0.3 is 9.64 Å². The quantitative estimate of drug-likeness (QED) is 0.600. The van der Waals surface area contributed by atoms with Gasteiger partial charge in [0.05, 0.1) is 19.8 Å². The number of pyridine rings is 1. The Morgan fingerprint density at radius 1 is 1.23 bits per heavy atom. The van der Waals surface area contributed by atoms with Crippen LogP contribution >= 0.6 is 11.3 Å². The standard InChI is InChI=1S/C22H23FN6OS/c1-15-3-2-4-18(23)17(15)14-29-21(22-25-7-12-31-22)26-20(27-29)19-13-16(5-6-24-19)28-8-10-30-11-9-28/h2-7,12-13,15,17H,8-11,14H2,1H3. The van der Waals surface area contributed by atoms with Crippen molar-refractivity contribution in [1.29, 1.82) is 0 Å². The summed E-state index contributed by atoms with van der Waals surface area (Å²) in [5, 5.41) is 7.39. The molecular weight excluding hydrogens is 415 g/mol. The number of rotatable bonds is 5. The van der Waals surface area contributed by atoms with Crippen LogP contribution in [0.4, 0.5) is 10.1 Å². The van der Waals surface area contributed by atoms with Crippen LogP contribution in [0.5, 0.6) is 0 Å². The largest absolute Gasteiger partial charge is 0.378 e. The Bertz CT molecular complexity index is 1100. The molecule has 31 heavy (non-hydrogen) atoms. The van der Waals surface area contributed by atoms with Gasteiger partial charge in [-0.2, -0.15) is 0 Å². The molecule has 1 aliphatic carbocycles. The van der Waals surface area contributed by atoms with Crippen molar-refractivity contribution in [3.8, 4) is 22.4 Å². The minimum absolute atomic E-state index is 0.0737. The molecule has 4 heterocycles. The van der Waals surface area contributed by atoms with E-state index in [0.717, 1.165) is 23.8 Å². The summed E-state index contributed by atoms with van der Waals surface area (Å²) >= 11 is 1.49. The highest BCUT2D eigenvalue weighted by atomic mass is 32.1. The topological polar surface area (TPSA) is 69.0 Å². The second-order valence-corrected chi connectivity index (χ2v) is 8.57. The van der Waals surface area contributed by atoms with E-state index in [9.17, 15) is 4.39 Å². The van der Waals surface area contributed by atoms with E-state index in [-0.39, 0.29) is 17.7 Å². The third-order valence-electron chi connectivity index (χ3n) is 5.67. The predicted octanol–water partition coefficient (Wildman–Crippen LogP) is 3.98. The van der Waals surface area contributed by atoms with Gasteiger partial charge >= 0.3 is 0 Å². The van der Waals surface area contributed by atoms with Gasteiger partial charge in [0.15, 0.2) is 16.7 Å². The third kappa shape index (κ3) is 4.15. The van der Waals surface area contributed by atoms with Crippen LogP contribution in [0.25, 0.3) is 22.4 Å². The Morgan fingerprint density at radius 3 is 2.87 bits per heavy atom. The molecule has 0 amide bonds. The van der Waals surface area contributed by atoms with E-state index in [4.69, 9.17) is 14.8 Å². The van der Waals surface area contributed by atoms with Crippen LogP contribution in [0.1, 0.15) is 6.92 Å². The zero-order valence-electron chi connectivity index (χ0n) is 17.2. The lowest BCUT2D eigenvalue weighted by Crippen LogP contribution is -2.36. The fourth-order valence-electron chi connectivity index (χ4n) is 3.90. The van der Waals surface area contributed by atoms with Gasteiger partial charge in [-0.3, -0.25) is 4.98 Å². The lowest BCUT2D eigenvalue weighted by molar-refractivity contribution is 0.122. The third-order valence-corrected chi connectivity index (χ3v) is 6.44. The molecule has 9 heteroatoms. The molecule has 160 valence electrons. The van der Waals surface area contributed by atoms with Crippen LogP contribution in [-0.2, 0) is 11.3 Å². The first-order valence-corrected chi connectivity index (χ1v) is 11.2. The summed E-state index contributed by atoms with van der Waals surface area (Å²) in [5.74, 6) is 0.807. The molecule has 0 spiro atoms. The maximum Gasteiger partial charge on any atom is 0.200 e. The van der Waals surface area contributed by atoms with Crippen LogP contribution in [0.15, 0.2) is 54.0 Å². The van der Waals surface area contributed by atoms with Gasteiger partial charge in [0.2, 0.25) is 0 Å². The number of ether oxygens (including phenoxy) is 1. The van der Waals surface area contributed by atoms with E-state index in [1.54, 1.807) is 23.2 Å². The smallest absolute Gasteiger partial charge is 0.200 e. The molecule has 0 radical (unpaired) electrons. The van der Waals surface area contributed by atoms with Crippen LogP contribution < -0.4 is 4.90 Å². The summed E-state index contributed by atoms with van der Waals surface area (Å²) in [7, 11) is 0. The summed E-state index contributed by atoms with van der Waals surface area (Å²) in [6, 6.07) is 3.99. The highest BCUT2D eigenvalue weighted by Crippen LogP contribution is 2.31. The van der Waals surface area contributed by atoms with Crippen molar-refractivity contribution >= 4 is 17.0 Å². The van der Waals surface area contributed by atoms with E-state index in [0.29, 0.717) is 37.1 Å². The van der Waals surface area contributed by atoms with Crippen molar-refractivity contribution < 1.29 is 9.13 Å². The molecule has 0 aromatic carbocycles. The normalized spacial score (nSPS) is 21.4. The Labute approximate surface area is 183 Å². The monoisotopic (exact) mass is 438 g/mol. The fourth-order valence-corrected chi connectivity index (χ4v) is 4.53. The van der Waals surface area contributed by atoms with Gasteiger partial charge in [-0.05, 0) is 24.1 Å². The van der Waals surface area contributed by atoms with Crippen molar-refractivity contribution in [3.05, 3.63) is 54.0 Å². The number of allylic oxidation sites excluding steroid dienone is 4. The van der Waals surface area contributed by atoms with Crippen molar-refractivity contribution in [2.75, 3.05) is 31.2 Å². The number of nitrogens with zero attached hydrogens (tertiary/aromatic N) is 6. The Balaban J connectivity index is 1.50. The average molecular weight is 439 g/mol. The zero-order valence-corrected chi connectivity index (χ0v) is 18.0. The van der Waals surface area contributed by atoms with Gasteiger partial charge in [0.1, 0.15) is 11.5 Å². The molecule has 5 rings (SSSR count). The van der Waals surface area contributed by atoms with Crippen LogP contribution in [0.2, 0.25) is 0 Å². The number of aromatic nitrogens is 5. The average Bonchev–Trinajstić information content (AvgIpc) is 3.47. The SMILES string of the molecule is CC1C=CC=C(F)C1Cn1nc(-c2cc(N3CCOCC3)ccn2)nc1-c1nccs1. The van der Waals surface area contributed by atoms with E-state index in [1.807, 2.05) is 30.5 Å². The Morgan fingerprint density at radius 2 is 2.10 bits per heavy atom. The molecule has 2 aliphatic rings. The Hall–Kier alpha value is -2.91. The fraction of sp³-hybridized carbons (Fsp3) is 0.364. The van der Waals surface area contributed by atoms with E-state index in [1.165, 1.54) is 17.4 Å². The van der Waals surface area contributed by atoms with Gasteiger partial charge in [0.25, 0.3) is 0 Å². The second-order valence-electron chi connectivity index (χ2n) is 7.68. The zero-order chi connectivity index (χ0) is 21.2. The highest BCUT2D eigenvalue weighted by molar-refractivity contribution is 7.13. The minimum atomic E-state index is -0.286. The molecule has 2 unspecified atom stereocenters. The summed E-state index contributed by atoms with van der Waals surface area (Å²) in [6.45, 7) is 5.52. The number of anilines is 1. The first-order chi connectivity index (χ1) is 15.2. The number of morpholine rings is 1. The molecule has 1 saturated heterocycles. The van der Waals surface area contributed by atoms with E-state index < -0.39 is 0 Å². The molecule has 3 aromatic heterocycles. The molecule has 2 atom stereocenters. The maximum atomic E-state index is 14.6. The van der Waals surface area contributed by atoms with Crippen LogP contribution in [-0.4, -0.2) is 51.0 Å². The molecule has 3 aromatic rings. The van der Waals surface area contributed by atoms with Crippen molar-refractivity contribution in [3.63, 3.8) is 0 Å². The van der Waals surface area contributed by atoms with Gasteiger partial charge in [0, 0.05) is 42.5 Å². The first kappa shape index (κ1) is 20.0. The molecule has 1 fully saturated rings. The maximum absolute atomic E-state index is 14.6.